The van der Waals surface area contributed by atoms with Crippen molar-refractivity contribution in [1.82, 2.24) is 9.97 Å². The van der Waals surface area contributed by atoms with Crippen LogP contribution in [-0.2, 0) is 6.42 Å². The monoisotopic (exact) mass is 305 g/mol. The standard InChI is InChI=1S/C15H13Cl2N3/c16-10-7-13-14(8-11(10)17)20-15(19-13)12(18)6-9-4-2-1-3-5-9/h1-5,7-8,12H,6,18H2,(H,19,20). The third kappa shape index (κ3) is 2.66. The molecule has 0 fully saturated rings. The number of nitrogens with one attached hydrogen (secondary N) is 1. The molecule has 2 aromatic carbocycles. The first-order valence-electron chi connectivity index (χ1n) is 6.27. The highest BCUT2D eigenvalue weighted by Crippen LogP contribution is 2.27. The molecule has 0 bridgehead atoms. The zero-order valence-corrected chi connectivity index (χ0v) is 12.1. The van der Waals surface area contributed by atoms with Crippen LogP contribution in [0.5, 0.6) is 0 Å². The van der Waals surface area contributed by atoms with E-state index < -0.39 is 0 Å². The Morgan fingerprint density at radius 3 is 2.55 bits per heavy atom. The fourth-order valence-electron chi connectivity index (χ4n) is 2.16. The van der Waals surface area contributed by atoms with Crippen LogP contribution in [0, 0.1) is 0 Å². The van der Waals surface area contributed by atoms with Gasteiger partial charge < -0.3 is 10.7 Å². The summed E-state index contributed by atoms with van der Waals surface area (Å²) in [4.78, 5) is 7.69. The largest absolute Gasteiger partial charge is 0.341 e. The Morgan fingerprint density at radius 2 is 1.80 bits per heavy atom. The molecule has 0 aliphatic heterocycles. The summed E-state index contributed by atoms with van der Waals surface area (Å²) in [5.41, 5.74) is 9.01. The zero-order chi connectivity index (χ0) is 14.1. The average molecular weight is 306 g/mol. The molecule has 102 valence electrons. The highest BCUT2D eigenvalue weighted by Gasteiger charge is 2.13. The van der Waals surface area contributed by atoms with Gasteiger partial charge in [-0.25, -0.2) is 4.98 Å². The van der Waals surface area contributed by atoms with Gasteiger partial charge in [-0.1, -0.05) is 53.5 Å². The van der Waals surface area contributed by atoms with Crippen LogP contribution in [0.15, 0.2) is 42.5 Å². The molecule has 0 radical (unpaired) electrons. The number of halogens is 2. The molecule has 3 N–H and O–H groups in total. The summed E-state index contributed by atoms with van der Waals surface area (Å²) in [5, 5.41) is 1.000. The number of hydrogen-bond donors (Lipinski definition) is 2. The smallest absolute Gasteiger partial charge is 0.124 e. The van der Waals surface area contributed by atoms with Crippen molar-refractivity contribution in [3.05, 3.63) is 63.9 Å². The first-order valence-corrected chi connectivity index (χ1v) is 7.03. The zero-order valence-electron chi connectivity index (χ0n) is 10.6. The van der Waals surface area contributed by atoms with Crippen LogP contribution in [0.4, 0.5) is 0 Å². The second-order valence-electron chi connectivity index (χ2n) is 4.70. The van der Waals surface area contributed by atoms with E-state index in [0.717, 1.165) is 23.3 Å². The van der Waals surface area contributed by atoms with Crippen molar-refractivity contribution >= 4 is 34.2 Å². The summed E-state index contributed by atoms with van der Waals surface area (Å²) in [7, 11) is 0. The number of hydrogen-bond acceptors (Lipinski definition) is 2. The number of imidazole rings is 1. The maximum absolute atomic E-state index is 6.21. The van der Waals surface area contributed by atoms with E-state index in [1.165, 1.54) is 5.56 Å². The molecule has 20 heavy (non-hydrogen) atoms. The van der Waals surface area contributed by atoms with E-state index in [4.69, 9.17) is 28.9 Å². The van der Waals surface area contributed by atoms with E-state index in [0.29, 0.717) is 10.0 Å². The Morgan fingerprint density at radius 1 is 1.10 bits per heavy atom. The first kappa shape index (κ1) is 13.4. The maximum Gasteiger partial charge on any atom is 0.124 e. The summed E-state index contributed by atoms with van der Waals surface area (Å²) in [5.74, 6) is 0.738. The number of nitrogens with zero attached hydrogens (tertiary/aromatic N) is 1. The minimum Gasteiger partial charge on any atom is -0.341 e. The maximum atomic E-state index is 6.21. The quantitative estimate of drug-likeness (QED) is 0.765. The third-order valence-corrected chi connectivity index (χ3v) is 3.91. The lowest BCUT2D eigenvalue weighted by Gasteiger charge is -2.08. The summed E-state index contributed by atoms with van der Waals surface area (Å²) >= 11 is 12.0. The van der Waals surface area contributed by atoms with Crippen molar-refractivity contribution in [3.8, 4) is 0 Å². The van der Waals surface area contributed by atoms with Crippen LogP contribution in [0.1, 0.15) is 17.4 Å². The average Bonchev–Trinajstić information content (AvgIpc) is 2.83. The number of fused-ring (bicyclic) bond motifs is 1. The van der Waals surface area contributed by atoms with E-state index in [1.54, 1.807) is 12.1 Å². The van der Waals surface area contributed by atoms with Gasteiger partial charge in [-0.3, -0.25) is 0 Å². The topological polar surface area (TPSA) is 54.7 Å². The number of nitrogens with two attached hydrogens (primary N) is 1. The molecule has 0 amide bonds. The van der Waals surface area contributed by atoms with Crippen LogP contribution in [-0.4, -0.2) is 9.97 Å². The Kier molecular flexibility index (Phi) is 3.66. The van der Waals surface area contributed by atoms with Crippen LogP contribution in [0.25, 0.3) is 11.0 Å². The van der Waals surface area contributed by atoms with Crippen molar-refractivity contribution in [2.45, 2.75) is 12.5 Å². The van der Waals surface area contributed by atoms with Gasteiger partial charge in [-0.2, -0.15) is 0 Å². The molecule has 5 heteroatoms. The van der Waals surface area contributed by atoms with Gasteiger partial charge in [0.1, 0.15) is 5.82 Å². The highest BCUT2D eigenvalue weighted by molar-refractivity contribution is 6.42. The van der Waals surface area contributed by atoms with Gasteiger partial charge in [0.2, 0.25) is 0 Å². The van der Waals surface area contributed by atoms with Gasteiger partial charge in [0, 0.05) is 0 Å². The summed E-state index contributed by atoms with van der Waals surface area (Å²) in [6.07, 6.45) is 0.724. The minimum atomic E-state index is -0.192. The van der Waals surface area contributed by atoms with E-state index in [9.17, 15) is 0 Å². The number of aromatic amines is 1. The molecular formula is C15H13Cl2N3. The fraction of sp³-hybridized carbons (Fsp3) is 0.133. The lowest BCUT2D eigenvalue weighted by Crippen LogP contribution is -2.14. The Balaban J connectivity index is 1.90. The molecule has 1 aromatic heterocycles. The molecule has 3 nitrogen and oxygen atoms in total. The minimum absolute atomic E-state index is 0.192. The molecule has 0 saturated carbocycles. The second-order valence-corrected chi connectivity index (χ2v) is 5.52. The molecule has 0 saturated heterocycles. The third-order valence-electron chi connectivity index (χ3n) is 3.19. The SMILES string of the molecule is NC(Cc1ccccc1)c1nc2cc(Cl)c(Cl)cc2[nH]1. The summed E-state index contributed by atoms with van der Waals surface area (Å²) < 4.78 is 0. The van der Waals surface area contributed by atoms with Crippen LogP contribution in [0.2, 0.25) is 10.0 Å². The van der Waals surface area contributed by atoms with Crippen molar-refractivity contribution in [3.63, 3.8) is 0 Å². The molecule has 1 heterocycles. The molecule has 3 aromatic rings. The van der Waals surface area contributed by atoms with Gasteiger partial charge in [0.05, 0.1) is 27.1 Å². The molecular weight excluding hydrogens is 293 g/mol. The van der Waals surface area contributed by atoms with E-state index in [-0.39, 0.29) is 6.04 Å². The summed E-state index contributed by atoms with van der Waals surface area (Å²) in [6.45, 7) is 0. The normalized spacial score (nSPS) is 12.8. The molecule has 0 aliphatic carbocycles. The van der Waals surface area contributed by atoms with E-state index in [2.05, 4.69) is 22.1 Å². The van der Waals surface area contributed by atoms with Crippen LogP contribution >= 0.6 is 23.2 Å². The molecule has 3 rings (SSSR count). The van der Waals surface area contributed by atoms with Crippen LogP contribution < -0.4 is 5.73 Å². The van der Waals surface area contributed by atoms with Crippen molar-refractivity contribution in [2.24, 2.45) is 5.73 Å². The van der Waals surface area contributed by atoms with Gasteiger partial charge in [0.25, 0.3) is 0 Å². The number of aromatic nitrogens is 2. The lowest BCUT2D eigenvalue weighted by atomic mass is 10.1. The van der Waals surface area contributed by atoms with Gasteiger partial charge in [-0.15, -0.1) is 0 Å². The number of H-pyrrole nitrogens is 1. The van der Waals surface area contributed by atoms with Gasteiger partial charge in [0.15, 0.2) is 0 Å². The first-order chi connectivity index (χ1) is 9.63. The predicted octanol–water partition coefficient (Wildman–Crippen LogP) is 4.11. The van der Waals surface area contributed by atoms with Gasteiger partial charge >= 0.3 is 0 Å². The fourth-order valence-corrected chi connectivity index (χ4v) is 2.49. The summed E-state index contributed by atoms with van der Waals surface area (Å²) in [6, 6.07) is 13.4. The second kappa shape index (κ2) is 5.44. The van der Waals surface area contributed by atoms with Gasteiger partial charge in [-0.05, 0) is 24.1 Å². The van der Waals surface area contributed by atoms with E-state index in [1.807, 2.05) is 18.2 Å². The Bertz CT molecular complexity index is 698. The molecule has 0 aliphatic rings. The molecule has 1 atom stereocenters. The number of rotatable bonds is 3. The Hall–Kier alpha value is -1.55. The highest BCUT2D eigenvalue weighted by atomic mass is 35.5. The van der Waals surface area contributed by atoms with Crippen molar-refractivity contribution in [1.29, 1.82) is 0 Å². The van der Waals surface area contributed by atoms with Crippen molar-refractivity contribution in [2.75, 3.05) is 0 Å². The molecule has 0 spiro atoms. The van der Waals surface area contributed by atoms with Crippen molar-refractivity contribution < 1.29 is 0 Å². The number of benzene rings is 2. The predicted molar refractivity (Wildman–Crippen MR) is 83.2 cm³/mol. The lowest BCUT2D eigenvalue weighted by molar-refractivity contribution is 0.680. The van der Waals surface area contributed by atoms with Crippen LogP contribution in [0.3, 0.4) is 0 Å². The van der Waals surface area contributed by atoms with E-state index >= 15 is 0 Å². The Labute approximate surface area is 126 Å². The molecule has 1 unspecified atom stereocenters.